The Labute approximate surface area is 219 Å². The third-order valence-electron chi connectivity index (χ3n) is 6.86. The molecule has 1 fully saturated rings. The van der Waals surface area contributed by atoms with E-state index in [0.29, 0.717) is 31.2 Å². The molecule has 9 nitrogen and oxygen atoms in total. The van der Waals surface area contributed by atoms with Crippen molar-refractivity contribution in [1.82, 2.24) is 19.3 Å². The number of likely N-dealkylation sites (tertiary alicyclic amines) is 1. The Balaban J connectivity index is 1.18. The Hall–Kier alpha value is -2.60. The van der Waals surface area contributed by atoms with Crippen LogP contribution in [0.2, 0.25) is 0 Å². The van der Waals surface area contributed by atoms with Gasteiger partial charge in [0.1, 0.15) is 0 Å². The Morgan fingerprint density at radius 1 is 1.11 bits per heavy atom. The molecule has 5 rings (SSSR count). The highest BCUT2D eigenvalue weighted by atomic mass is 79.9. The lowest BCUT2D eigenvalue weighted by Gasteiger charge is -2.32. The molecule has 2 aliphatic rings. The molecule has 0 bridgehead atoms. The third kappa shape index (κ3) is 4.97. The Kier molecular flexibility index (Phi) is 6.99. The van der Waals surface area contributed by atoms with Crippen LogP contribution in [0.4, 0.5) is 5.69 Å². The van der Waals surface area contributed by atoms with Crippen LogP contribution in [0.15, 0.2) is 56.4 Å². The summed E-state index contributed by atoms with van der Waals surface area (Å²) < 4.78 is 32.6. The van der Waals surface area contributed by atoms with E-state index in [0.717, 1.165) is 47.2 Å². The number of hydrogen-bond donors (Lipinski definition) is 0. The van der Waals surface area contributed by atoms with Crippen molar-refractivity contribution in [3.05, 3.63) is 58.4 Å². The van der Waals surface area contributed by atoms with Crippen molar-refractivity contribution in [2.75, 3.05) is 38.6 Å². The quantitative estimate of drug-likeness (QED) is 0.444. The summed E-state index contributed by atoms with van der Waals surface area (Å²) in [6.45, 7) is 2.68. The fourth-order valence-electron chi connectivity index (χ4n) is 4.76. The predicted molar refractivity (Wildman–Crippen MR) is 139 cm³/mol. The number of amides is 1. The normalized spacial score (nSPS) is 17.1. The smallest absolute Gasteiger partial charge is 0.242 e. The lowest BCUT2D eigenvalue weighted by molar-refractivity contribution is -0.123. The van der Waals surface area contributed by atoms with Gasteiger partial charge in [-0.15, -0.1) is 0 Å². The molecular formula is C25H28BrN5O4S. The van der Waals surface area contributed by atoms with Gasteiger partial charge in [0.2, 0.25) is 27.6 Å². The number of carbonyl (C=O) groups is 1. The highest BCUT2D eigenvalue weighted by Crippen LogP contribution is 2.33. The van der Waals surface area contributed by atoms with E-state index in [9.17, 15) is 13.2 Å². The van der Waals surface area contributed by atoms with Gasteiger partial charge in [-0.2, -0.15) is 4.98 Å². The zero-order valence-corrected chi connectivity index (χ0v) is 22.6. The maximum atomic E-state index is 13.3. The molecule has 36 heavy (non-hydrogen) atoms. The Morgan fingerprint density at radius 2 is 1.83 bits per heavy atom. The number of anilines is 1. The third-order valence-corrected chi connectivity index (χ3v) is 9.20. The maximum absolute atomic E-state index is 13.3. The number of benzene rings is 2. The van der Waals surface area contributed by atoms with E-state index < -0.39 is 10.0 Å². The van der Waals surface area contributed by atoms with Crippen molar-refractivity contribution < 1.29 is 17.7 Å². The van der Waals surface area contributed by atoms with Crippen molar-refractivity contribution >= 4 is 37.5 Å². The summed E-state index contributed by atoms with van der Waals surface area (Å²) in [7, 11) is -0.463. The standard InChI is InChI=1S/C25H28BrN5O4S/c1-29(2)36(33,34)21-7-8-22-19(15-21)11-14-31(22)25(32)18-9-12-30(13-10-18)16-23-27-24(28-35-23)17-3-5-20(26)6-4-17/h3-8,15,18H,9-14,16H2,1-2H3. The van der Waals surface area contributed by atoms with E-state index in [-0.39, 0.29) is 16.7 Å². The van der Waals surface area contributed by atoms with Crippen LogP contribution in [0.3, 0.4) is 0 Å². The first-order valence-corrected chi connectivity index (χ1v) is 14.1. The van der Waals surface area contributed by atoms with Crippen molar-refractivity contribution in [3.8, 4) is 11.4 Å². The van der Waals surface area contributed by atoms with E-state index in [4.69, 9.17) is 4.52 Å². The summed E-state index contributed by atoms with van der Waals surface area (Å²) in [4.78, 5) is 22.2. The van der Waals surface area contributed by atoms with E-state index >= 15 is 0 Å². The summed E-state index contributed by atoms with van der Waals surface area (Å²) in [5.74, 6) is 1.19. The van der Waals surface area contributed by atoms with Crippen LogP contribution in [-0.4, -0.2) is 67.4 Å². The van der Waals surface area contributed by atoms with Crippen LogP contribution >= 0.6 is 15.9 Å². The molecule has 0 aliphatic carbocycles. The van der Waals surface area contributed by atoms with Crippen molar-refractivity contribution in [2.24, 2.45) is 5.92 Å². The molecule has 1 aromatic heterocycles. The molecule has 190 valence electrons. The van der Waals surface area contributed by atoms with Gasteiger partial charge in [-0.1, -0.05) is 21.1 Å². The minimum absolute atomic E-state index is 0.0570. The number of aromatic nitrogens is 2. The van der Waals surface area contributed by atoms with Crippen molar-refractivity contribution in [2.45, 2.75) is 30.7 Å². The molecule has 0 radical (unpaired) electrons. The van der Waals surface area contributed by atoms with Gasteiger partial charge < -0.3 is 9.42 Å². The Bertz CT molecular complexity index is 1370. The van der Waals surface area contributed by atoms with Crippen LogP contribution in [0.25, 0.3) is 11.4 Å². The maximum Gasteiger partial charge on any atom is 0.242 e. The van der Waals surface area contributed by atoms with Gasteiger partial charge in [0.25, 0.3) is 0 Å². The number of halogens is 1. The molecule has 3 heterocycles. The number of hydrogen-bond acceptors (Lipinski definition) is 7. The number of rotatable bonds is 6. The molecule has 3 aromatic rings. The fourth-order valence-corrected chi connectivity index (χ4v) is 5.98. The van der Waals surface area contributed by atoms with E-state index in [1.54, 1.807) is 18.2 Å². The summed E-state index contributed by atoms with van der Waals surface area (Å²) in [5, 5.41) is 4.10. The number of piperidine rings is 1. The van der Waals surface area contributed by atoms with Crippen LogP contribution < -0.4 is 4.90 Å². The Morgan fingerprint density at radius 3 is 2.53 bits per heavy atom. The average molecular weight is 575 g/mol. The monoisotopic (exact) mass is 573 g/mol. The van der Waals surface area contributed by atoms with Gasteiger partial charge in [0.15, 0.2) is 0 Å². The van der Waals surface area contributed by atoms with Crippen LogP contribution in [-0.2, 0) is 27.8 Å². The number of nitrogens with zero attached hydrogens (tertiary/aromatic N) is 5. The van der Waals surface area contributed by atoms with Gasteiger partial charge >= 0.3 is 0 Å². The van der Waals surface area contributed by atoms with Gasteiger partial charge in [-0.3, -0.25) is 9.69 Å². The lowest BCUT2D eigenvalue weighted by Crippen LogP contribution is -2.42. The van der Waals surface area contributed by atoms with E-state index in [1.807, 2.05) is 29.2 Å². The zero-order valence-electron chi connectivity index (χ0n) is 20.2. The summed E-state index contributed by atoms with van der Waals surface area (Å²) in [6.07, 6.45) is 2.17. The topological polar surface area (TPSA) is 99.9 Å². The van der Waals surface area contributed by atoms with Crippen LogP contribution in [0.1, 0.15) is 24.3 Å². The first-order chi connectivity index (χ1) is 17.2. The molecule has 0 spiro atoms. The van der Waals surface area contributed by atoms with Gasteiger partial charge in [-0.05, 0) is 80.4 Å². The molecule has 1 amide bonds. The second-order valence-corrected chi connectivity index (χ2v) is 12.5. The summed E-state index contributed by atoms with van der Waals surface area (Å²) in [5.41, 5.74) is 2.63. The molecular weight excluding hydrogens is 546 g/mol. The number of sulfonamides is 1. The molecule has 2 aliphatic heterocycles. The molecule has 0 N–H and O–H groups in total. The van der Waals surface area contributed by atoms with Gasteiger partial charge in [0, 0.05) is 42.3 Å². The minimum Gasteiger partial charge on any atom is -0.338 e. The first kappa shape index (κ1) is 25.1. The van der Waals surface area contributed by atoms with Crippen LogP contribution in [0.5, 0.6) is 0 Å². The summed E-state index contributed by atoms with van der Waals surface area (Å²) >= 11 is 3.43. The molecule has 0 atom stereocenters. The minimum atomic E-state index is -3.50. The largest absolute Gasteiger partial charge is 0.338 e. The molecule has 0 saturated carbocycles. The van der Waals surface area contributed by atoms with E-state index in [1.165, 1.54) is 18.4 Å². The van der Waals surface area contributed by atoms with Crippen LogP contribution in [0, 0.1) is 5.92 Å². The SMILES string of the molecule is CN(C)S(=O)(=O)c1ccc2c(c1)CCN2C(=O)C1CCN(Cc2nc(-c3ccc(Br)cc3)no2)CC1. The fraction of sp³-hybridized carbons (Fsp3) is 0.400. The van der Waals surface area contributed by atoms with Gasteiger partial charge in [-0.25, -0.2) is 12.7 Å². The molecule has 1 saturated heterocycles. The average Bonchev–Trinajstić information content (AvgIpc) is 3.51. The second kappa shape index (κ2) is 10.0. The molecule has 0 unspecified atom stereocenters. The highest BCUT2D eigenvalue weighted by molar-refractivity contribution is 9.10. The van der Waals surface area contributed by atoms with Crippen molar-refractivity contribution in [3.63, 3.8) is 0 Å². The lowest BCUT2D eigenvalue weighted by atomic mass is 9.95. The number of fused-ring (bicyclic) bond motifs is 1. The predicted octanol–water partition coefficient (Wildman–Crippen LogP) is 3.55. The second-order valence-electron chi connectivity index (χ2n) is 9.39. The first-order valence-electron chi connectivity index (χ1n) is 11.9. The number of carbonyl (C=O) groups excluding carboxylic acids is 1. The zero-order chi connectivity index (χ0) is 25.4. The van der Waals surface area contributed by atoms with Crippen molar-refractivity contribution in [1.29, 1.82) is 0 Å². The van der Waals surface area contributed by atoms with Gasteiger partial charge in [0.05, 0.1) is 11.4 Å². The summed E-state index contributed by atoms with van der Waals surface area (Å²) in [6, 6.07) is 12.8. The molecule has 11 heteroatoms. The van der Waals surface area contributed by atoms with E-state index in [2.05, 4.69) is 31.0 Å². The molecule has 2 aromatic carbocycles. The highest BCUT2D eigenvalue weighted by Gasteiger charge is 2.33.